The molecule has 5 heteroatoms. The van der Waals surface area contributed by atoms with Crippen LogP contribution in [0.4, 0.5) is 4.79 Å². The summed E-state index contributed by atoms with van der Waals surface area (Å²) in [5.74, 6) is 1.28. The quantitative estimate of drug-likeness (QED) is 0.818. The van der Waals surface area contributed by atoms with Crippen molar-refractivity contribution in [2.24, 2.45) is 11.8 Å². The summed E-state index contributed by atoms with van der Waals surface area (Å²) in [5.41, 5.74) is 0. The number of hydrogen-bond acceptors (Lipinski definition) is 3. The Bertz CT molecular complexity index is 349. The number of urea groups is 1. The fraction of sp³-hybridized carbons (Fsp3) is 0.941. The van der Waals surface area contributed by atoms with Gasteiger partial charge in [-0.05, 0) is 51.1 Å². The van der Waals surface area contributed by atoms with Gasteiger partial charge in [0.1, 0.15) is 0 Å². The predicted molar refractivity (Wildman–Crippen MR) is 89.0 cm³/mol. The maximum Gasteiger partial charge on any atom is 0.317 e. The monoisotopic (exact) mass is 311 g/mol. The Morgan fingerprint density at radius 2 is 2.09 bits per heavy atom. The van der Waals surface area contributed by atoms with Crippen molar-refractivity contribution in [2.75, 3.05) is 46.4 Å². The first-order valence-electron chi connectivity index (χ1n) is 8.87. The lowest BCUT2D eigenvalue weighted by molar-refractivity contribution is 0.0542. The van der Waals surface area contributed by atoms with E-state index in [9.17, 15) is 4.79 Å². The molecule has 1 N–H and O–H groups in total. The number of likely N-dealkylation sites (tertiary alicyclic amines) is 2. The van der Waals surface area contributed by atoms with Gasteiger partial charge in [0.05, 0.1) is 6.10 Å². The summed E-state index contributed by atoms with van der Waals surface area (Å²) in [7, 11) is 2.16. The fourth-order valence-corrected chi connectivity index (χ4v) is 3.30. The third-order valence-electron chi connectivity index (χ3n) is 4.75. The van der Waals surface area contributed by atoms with E-state index in [0.29, 0.717) is 11.8 Å². The Morgan fingerprint density at radius 1 is 1.27 bits per heavy atom. The van der Waals surface area contributed by atoms with Gasteiger partial charge in [-0.25, -0.2) is 4.79 Å². The Hall–Kier alpha value is -0.810. The Kier molecular flexibility index (Phi) is 6.96. The summed E-state index contributed by atoms with van der Waals surface area (Å²) >= 11 is 0. The van der Waals surface area contributed by atoms with Crippen LogP contribution in [0, 0.1) is 11.8 Å². The third-order valence-corrected chi connectivity index (χ3v) is 4.75. The number of carbonyl (C=O) groups is 1. The van der Waals surface area contributed by atoms with Crippen LogP contribution in [0.3, 0.4) is 0 Å². The molecule has 2 atom stereocenters. The number of amides is 2. The van der Waals surface area contributed by atoms with E-state index in [2.05, 4.69) is 31.1 Å². The van der Waals surface area contributed by atoms with Gasteiger partial charge in [-0.1, -0.05) is 13.8 Å². The summed E-state index contributed by atoms with van der Waals surface area (Å²) in [6.07, 6.45) is 4.76. The molecule has 0 radical (unpaired) electrons. The van der Waals surface area contributed by atoms with Crippen molar-refractivity contribution in [3.05, 3.63) is 0 Å². The largest absolute Gasteiger partial charge is 0.376 e. The lowest BCUT2D eigenvalue weighted by atomic mass is 9.99. The van der Waals surface area contributed by atoms with Crippen LogP contribution in [0.15, 0.2) is 0 Å². The molecule has 0 unspecified atom stereocenters. The average Bonchev–Trinajstić information content (AvgIpc) is 2.93. The topological polar surface area (TPSA) is 44.8 Å². The number of piperidine rings is 1. The molecule has 5 nitrogen and oxygen atoms in total. The number of ether oxygens (including phenoxy) is 1. The second kappa shape index (κ2) is 8.73. The number of nitrogens with zero attached hydrogens (tertiary/aromatic N) is 2. The molecular weight excluding hydrogens is 278 g/mol. The van der Waals surface area contributed by atoms with Crippen LogP contribution in [0.25, 0.3) is 0 Å². The second-order valence-electron chi connectivity index (χ2n) is 7.37. The minimum atomic E-state index is 0.0863. The zero-order valence-electron chi connectivity index (χ0n) is 14.5. The van der Waals surface area contributed by atoms with Gasteiger partial charge in [-0.3, -0.25) is 0 Å². The normalized spacial score (nSPS) is 26.6. The standard InChI is InChI=1S/C17H33N3O2/c1-14(2)7-10-22-16-6-9-20(13-16)17(21)18-11-15-5-4-8-19(3)12-15/h14-16H,4-13H2,1-3H3,(H,18,21)/t15-,16+/m1/s1. The first-order chi connectivity index (χ1) is 10.5. The zero-order chi connectivity index (χ0) is 15.9. The molecule has 2 rings (SSSR count). The highest BCUT2D eigenvalue weighted by Gasteiger charge is 2.27. The molecule has 0 spiro atoms. The van der Waals surface area contributed by atoms with Crippen LogP contribution in [-0.4, -0.2) is 68.3 Å². The van der Waals surface area contributed by atoms with E-state index in [1.165, 1.54) is 19.4 Å². The smallest absolute Gasteiger partial charge is 0.317 e. The Morgan fingerprint density at radius 3 is 2.82 bits per heavy atom. The van der Waals surface area contributed by atoms with Crippen LogP contribution < -0.4 is 5.32 Å². The van der Waals surface area contributed by atoms with Crippen LogP contribution in [0.5, 0.6) is 0 Å². The zero-order valence-corrected chi connectivity index (χ0v) is 14.5. The highest BCUT2D eigenvalue weighted by Crippen LogP contribution is 2.16. The maximum absolute atomic E-state index is 12.2. The number of hydrogen-bond donors (Lipinski definition) is 1. The summed E-state index contributed by atoms with van der Waals surface area (Å²) in [4.78, 5) is 16.5. The van der Waals surface area contributed by atoms with Crippen LogP contribution in [0.2, 0.25) is 0 Å². The first kappa shape index (κ1) is 17.5. The minimum absolute atomic E-state index is 0.0863. The van der Waals surface area contributed by atoms with Gasteiger partial charge in [-0.15, -0.1) is 0 Å². The van der Waals surface area contributed by atoms with E-state index in [-0.39, 0.29) is 12.1 Å². The summed E-state index contributed by atoms with van der Waals surface area (Å²) in [6, 6.07) is 0.0863. The number of carbonyl (C=O) groups excluding carboxylic acids is 1. The first-order valence-corrected chi connectivity index (χ1v) is 8.87. The lowest BCUT2D eigenvalue weighted by Crippen LogP contribution is -2.44. The van der Waals surface area contributed by atoms with Crippen LogP contribution in [0.1, 0.15) is 39.5 Å². The van der Waals surface area contributed by atoms with Crippen molar-refractivity contribution in [3.63, 3.8) is 0 Å². The van der Waals surface area contributed by atoms with Crippen molar-refractivity contribution >= 4 is 6.03 Å². The molecule has 2 aliphatic rings. The third kappa shape index (κ3) is 5.76. The van der Waals surface area contributed by atoms with Gasteiger partial charge in [0, 0.05) is 32.8 Å². The van der Waals surface area contributed by atoms with Crippen molar-refractivity contribution in [2.45, 2.75) is 45.6 Å². The van der Waals surface area contributed by atoms with E-state index >= 15 is 0 Å². The minimum Gasteiger partial charge on any atom is -0.376 e. The summed E-state index contributed by atoms with van der Waals surface area (Å²) < 4.78 is 5.87. The Balaban J connectivity index is 1.62. The van der Waals surface area contributed by atoms with Crippen molar-refractivity contribution < 1.29 is 9.53 Å². The van der Waals surface area contributed by atoms with Crippen LogP contribution in [-0.2, 0) is 4.74 Å². The summed E-state index contributed by atoms with van der Waals surface area (Å²) in [5, 5.41) is 3.11. The molecule has 0 saturated carbocycles. The van der Waals surface area contributed by atoms with Gasteiger partial charge in [0.2, 0.25) is 0 Å². The second-order valence-corrected chi connectivity index (χ2v) is 7.37. The van der Waals surface area contributed by atoms with Crippen LogP contribution >= 0.6 is 0 Å². The molecule has 128 valence electrons. The molecule has 0 aliphatic carbocycles. The van der Waals surface area contributed by atoms with E-state index < -0.39 is 0 Å². The maximum atomic E-state index is 12.2. The summed E-state index contributed by atoms with van der Waals surface area (Å²) in [6.45, 7) is 9.88. The number of rotatable bonds is 6. The predicted octanol–water partition coefficient (Wildman–Crippen LogP) is 2.17. The van der Waals surface area contributed by atoms with Gasteiger partial charge in [0.15, 0.2) is 0 Å². The van der Waals surface area contributed by atoms with Gasteiger partial charge >= 0.3 is 6.03 Å². The molecule has 0 aromatic rings. The van der Waals surface area contributed by atoms with E-state index in [0.717, 1.165) is 45.6 Å². The van der Waals surface area contributed by atoms with Gasteiger partial charge < -0.3 is 19.9 Å². The molecule has 2 heterocycles. The van der Waals surface area contributed by atoms with E-state index in [4.69, 9.17) is 4.74 Å². The van der Waals surface area contributed by atoms with E-state index in [1.807, 2.05) is 4.90 Å². The van der Waals surface area contributed by atoms with Crippen molar-refractivity contribution in [1.82, 2.24) is 15.1 Å². The van der Waals surface area contributed by atoms with E-state index in [1.54, 1.807) is 0 Å². The molecule has 0 bridgehead atoms. The lowest BCUT2D eigenvalue weighted by Gasteiger charge is -2.30. The molecule has 0 aromatic carbocycles. The molecule has 0 aromatic heterocycles. The molecular formula is C17H33N3O2. The fourth-order valence-electron chi connectivity index (χ4n) is 3.30. The average molecular weight is 311 g/mol. The number of nitrogens with one attached hydrogen (secondary N) is 1. The molecule has 2 aliphatic heterocycles. The molecule has 2 amide bonds. The van der Waals surface area contributed by atoms with Crippen molar-refractivity contribution in [3.8, 4) is 0 Å². The molecule has 2 fully saturated rings. The highest BCUT2D eigenvalue weighted by atomic mass is 16.5. The highest BCUT2D eigenvalue weighted by molar-refractivity contribution is 5.74. The SMILES string of the molecule is CC(C)CCO[C@H]1CCN(C(=O)NC[C@H]2CCCN(C)C2)C1. The Labute approximate surface area is 135 Å². The molecule has 22 heavy (non-hydrogen) atoms. The molecule has 2 saturated heterocycles. The van der Waals surface area contributed by atoms with Gasteiger partial charge in [0.25, 0.3) is 0 Å². The van der Waals surface area contributed by atoms with Crippen molar-refractivity contribution in [1.29, 1.82) is 0 Å². The van der Waals surface area contributed by atoms with Gasteiger partial charge in [-0.2, -0.15) is 0 Å².